The van der Waals surface area contributed by atoms with Crippen LogP contribution in [-0.4, -0.2) is 20.9 Å². The second-order valence-electron chi connectivity index (χ2n) is 4.45. The van der Waals surface area contributed by atoms with Crippen LogP contribution in [0.5, 0.6) is 0 Å². The van der Waals surface area contributed by atoms with E-state index in [0.717, 1.165) is 11.3 Å². The molecular formula is C12H19ClN2O2. The molecule has 0 aliphatic heterocycles. The van der Waals surface area contributed by atoms with E-state index in [4.69, 9.17) is 11.6 Å². The molecule has 17 heavy (non-hydrogen) atoms. The van der Waals surface area contributed by atoms with Crippen molar-refractivity contribution in [3.63, 3.8) is 0 Å². The Morgan fingerprint density at radius 1 is 1.47 bits per heavy atom. The summed E-state index contributed by atoms with van der Waals surface area (Å²) in [6, 6.07) is 0. The van der Waals surface area contributed by atoms with Crippen molar-refractivity contribution in [2.24, 2.45) is 12.5 Å². The van der Waals surface area contributed by atoms with Crippen molar-refractivity contribution < 1.29 is 9.90 Å². The van der Waals surface area contributed by atoms with E-state index in [2.05, 4.69) is 5.10 Å². The maximum Gasteiger partial charge on any atom is 0.309 e. The third-order valence-corrected chi connectivity index (χ3v) is 4.07. The van der Waals surface area contributed by atoms with Crippen LogP contribution in [0.2, 0.25) is 5.15 Å². The van der Waals surface area contributed by atoms with Crippen LogP contribution in [-0.2, 0) is 18.3 Å². The molecule has 0 aliphatic rings. The molecule has 0 aromatic carbocycles. The standard InChI is InChI=1S/C12H19ClN2O2/c1-5-12(6-2,11(16)17)7-9-8(3)14-15(4)10(9)13/h5-7H2,1-4H3,(H,16,17). The number of hydrogen-bond donors (Lipinski definition) is 1. The highest BCUT2D eigenvalue weighted by Crippen LogP contribution is 2.34. The first-order valence-corrected chi connectivity index (χ1v) is 6.17. The fraction of sp³-hybridized carbons (Fsp3) is 0.667. The second-order valence-corrected chi connectivity index (χ2v) is 4.81. The van der Waals surface area contributed by atoms with Gasteiger partial charge in [0.2, 0.25) is 0 Å². The van der Waals surface area contributed by atoms with Crippen molar-refractivity contribution in [1.82, 2.24) is 9.78 Å². The lowest BCUT2D eigenvalue weighted by Gasteiger charge is -2.26. The van der Waals surface area contributed by atoms with Crippen LogP contribution in [0.15, 0.2) is 0 Å². The summed E-state index contributed by atoms with van der Waals surface area (Å²) in [7, 11) is 1.76. The lowest BCUT2D eigenvalue weighted by molar-refractivity contribution is -0.149. The van der Waals surface area contributed by atoms with Crippen LogP contribution >= 0.6 is 11.6 Å². The first-order valence-electron chi connectivity index (χ1n) is 5.79. The van der Waals surface area contributed by atoms with Crippen molar-refractivity contribution in [3.05, 3.63) is 16.4 Å². The van der Waals surface area contributed by atoms with E-state index in [9.17, 15) is 9.90 Å². The number of carboxylic acid groups (broad SMARTS) is 1. The van der Waals surface area contributed by atoms with E-state index in [-0.39, 0.29) is 0 Å². The lowest BCUT2D eigenvalue weighted by atomic mass is 9.77. The van der Waals surface area contributed by atoms with Gasteiger partial charge in [0, 0.05) is 12.6 Å². The zero-order chi connectivity index (χ0) is 13.2. The molecule has 4 nitrogen and oxygen atoms in total. The largest absolute Gasteiger partial charge is 0.481 e. The normalized spacial score (nSPS) is 11.8. The van der Waals surface area contributed by atoms with Crippen LogP contribution in [0.1, 0.15) is 37.9 Å². The van der Waals surface area contributed by atoms with Gasteiger partial charge in [0.15, 0.2) is 0 Å². The fourth-order valence-corrected chi connectivity index (χ4v) is 2.33. The van der Waals surface area contributed by atoms with E-state index in [1.165, 1.54) is 0 Å². The smallest absolute Gasteiger partial charge is 0.309 e. The Hall–Kier alpha value is -1.03. The Bertz CT molecular complexity index is 422. The summed E-state index contributed by atoms with van der Waals surface area (Å²) in [6.07, 6.45) is 1.61. The average molecular weight is 259 g/mol. The van der Waals surface area contributed by atoms with Crippen molar-refractivity contribution >= 4 is 17.6 Å². The van der Waals surface area contributed by atoms with Gasteiger partial charge in [-0.05, 0) is 26.2 Å². The number of aromatic nitrogens is 2. The molecule has 0 aliphatic carbocycles. The minimum Gasteiger partial charge on any atom is -0.481 e. The Labute approximate surface area is 107 Å². The summed E-state index contributed by atoms with van der Waals surface area (Å²) < 4.78 is 1.59. The highest BCUT2D eigenvalue weighted by molar-refractivity contribution is 6.30. The second kappa shape index (κ2) is 5.08. The molecule has 0 saturated carbocycles. The topological polar surface area (TPSA) is 55.1 Å². The van der Waals surface area contributed by atoms with Gasteiger partial charge in [-0.2, -0.15) is 5.10 Å². The molecule has 0 atom stereocenters. The zero-order valence-corrected chi connectivity index (χ0v) is 11.5. The predicted molar refractivity (Wildman–Crippen MR) is 67.3 cm³/mol. The molecule has 0 bridgehead atoms. The number of halogens is 1. The molecule has 5 heteroatoms. The van der Waals surface area contributed by atoms with Crippen LogP contribution in [0, 0.1) is 12.3 Å². The monoisotopic (exact) mass is 258 g/mol. The summed E-state index contributed by atoms with van der Waals surface area (Å²) in [5.41, 5.74) is 0.919. The van der Waals surface area contributed by atoms with Gasteiger partial charge in [-0.1, -0.05) is 25.4 Å². The van der Waals surface area contributed by atoms with Gasteiger partial charge in [-0.15, -0.1) is 0 Å². The van der Waals surface area contributed by atoms with Crippen molar-refractivity contribution in [2.45, 2.75) is 40.0 Å². The highest BCUT2D eigenvalue weighted by atomic mass is 35.5. The van der Waals surface area contributed by atoms with Gasteiger partial charge < -0.3 is 5.11 Å². The van der Waals surface area contributed by atoms with Gasteiger partial charge in [-0.25, -0.2) is 0 Å². The van der Waals surface area contributed by atoms with Crippen LogP contribution < -0.4 is 0 Å². The number of carboxylic acids is 1. The van der Waals surface area contributed by atoms with Crippen molar-refractivity contribution in [2.75, 3.05) is 0 Å². The number of rotatable bonds is 5. The van der Waals surface area contributed by atoms with E-state index >= 15 is 0 Å². The van der Waals surface area contributed by atoms with Gasteiger partial charge in [0.05, 0.1) is 11.1 Å². The number of aryl methyl sites for hydroxylation is 2. The lowest BCUT2D eigenvalue weighted by Crippen LogP contribution is -2.32. The van der Waals surface area contributed by atoms with Crippen molar-refractivity contribution in [3.8, 4) is 0 Å². The summed E-state index contributed by atoms with van der Waals surface area (Å²) in [4.78, 5) is 11.4. The molecule has 0 spiro atoms. The molecule has 0 unspecified atom stereocenters. The SMILES string of the molecule is CCC(CC)(Cc1c(C)nn(C)c1Cl)C(=O)O. The molecular weight excluding hydrogens is 240 g/mol. The molecule has 1 heterocycles. The minimum absolute atomic E-state index is 0.438. The molecule has 0 saturated heterocycles. The third kappa shape index (κ3) is 2.46. The van der Waals surface area contributed by atoms with Gasteiger partial charge in [0.25, 0.3) is 0 Å². The van der Waals surface area contributed by atoms with Gasteiger partial charge in [-0.3, -0.25) is 9.48 Å². The Kier molecular flexibility index (Phi) is 4.20. The van der Waals surface area contributed by atoms with E-state index in [1.54, 1.807) is 11.7 Å². The molecule has 1 aromatic rings. The fourth-order valence-electron chi connectivity index (χ4n) is 2.09. The minimum atomic E-state index is -0.762. The molecule has 1 rings (SSSR count). The Balaban J connectivity index is 3.14. The maximum absolute atomic E-state index is 11.4. The van der Waals surface area contributed by atoms with Crippen LogP contribution in [0.3, 0.4) is 0 Å². The number of carbonyl (C=O) groups is 1. The summed E-state index contributed by atoms with van der Waals surface area (Å²) in [5, 5.41) is 14.2. The van der Waals surface area contributed by atoms with E-state index in [0.29, 0.717) is 24.4 Å². The average Bonchev–Trinajstić information content (AvgIpc) is 2.51. The first-order chi connectivity index (χ1) is 7.88. The molecule has 0 amide bonds. The third-order valence-electron chi connectivity index (χ3n) is 3.59. The zero-order valence-electron chi connectivity index (χ0n) is 10.7. The van der Waals surface area contributed by atoms with Gasteiger partial charge >= 0.3 is 5.97 Å². The summed E-state index contributed by atoms with van der Waals surface area (Å²) in [5.74, 6) is -0.762. The molecule has 96 valence electrons. The summed E-state index contributed by atoms with van der Waals surface area (Å²) >= 11 is 6.15. The number of aliphatic carboxylic acids is 1. The quantitative estimate of drug-likeness (QED) is 0.884. The molecule has 1 aromatic heterocycles. The summed E-state index contributed by atoms with van der Waals surface area (Å²) in [6.45, 7) is 5.66. The van der Waals surface area contributed by atoms with Crippen molar-refractivity contribution in [1.29, 1.82) is 0 Å². The Morgan fingerprint density at radius 3 is 2.29 bits per heavy atom. The number of hydrogen-bond acceptors (Lipinski definition) is 2. The van der Waals surface area contributed by atoms with Crippen LogP contribution in [0.4, 0.5) is 0 Å². The maximum atomic E-state index is 11.4. The van der Waals surface area contributed by atoms with E-state index < -0.39 is 11.4 Å². The molecule has 1 N–H and O–H groups in total. The highest BCUT2D eigenvalue weighted by Gasteiger charge is 2.36. The number of nitrogens with zero attached hydrogens (tertiary/aromatic N) is 2. The Morgan fingerprint density at radius 2 is 2.00 bits per heavy atom. The molecule has 0 radical (unpaired) electrons. The van der Waals surface area contributed by atoms with E-state index in [1.807, 2.05) is 20.8 Å². The molecule has 0 fully saturated rings. The first kappa shape index (κ1) is 14.0. The predicted octanol–water partition coefficient (Wildman–Crippen LogP) is 2.82. The van der Waals surface area contributed by atoms with Crippen LogP contribution in [0.25, 0.3) is 0 Å². The van der Waals surface area contributed by atoms with Gasteiger partial charge in [0.1, 0.15) is 5.15 Å².